The smallest absolute Gasteiger partial charge is 0.335 e. The van der Waals surface area contributed by atoms with Crippen LogP contribution in [0, 0.1) is 0 Å². The molecule has 17 heavy (non-hydrogen) atoms. The van der Waals surface area contributed by atoms with Crippen LogP contribution in [0.1, 0.15) is 28.8 Å². The van der Waals surface area contributed by atoms with Crippen molar-refractivity contribution in [3.05, 3.63) is 35.4 Å². The molecule has 1 aromatic rings. The number of hydrogen-bond acceptors (Lipinski definition) is 3. The lowest BCUT2D eigenvalue weighted by molar-refractivity contribution is 0.0252. The molecule has 0 saturated carbocycles. The Balaban J connectivity index is 1.89. The van der Waals surface area contributed by atoms with Gasteiger partial charge in [-0.05, 0) is 37.1 Å². The average molecular weight is 235 g/mol. The van der Waals surface area contributed by atoms with E-state index in [1.54, 1.807) is 18.2 Å². The van der Waals surface area contributed by atoms with E-state index in [-0.39, 0.29) is 6.10 Å². The molecule has 1 fully saturated rings. The maximum Gasteiger partial charge on any atom is 0.335 e. The lowest BCUT2D eigenvalue weighted by atomic mass is 10.1. The van der Waals surface area contributed by atoms with E-state index in [1.807, 2.05) is 6.07 Å². The summed E-state index contributed by atoms with van der Waals surface area (Å²) in [5, 5.41) is 12.2. The molecule has 1 unspecified atom stereocenters. The van der Waals surface area contributed by atoms with Gasteiger partial charge in [0.15, 0.2) is 0 Å². The molecule has 0 aliphatic carbocycles. The molecule has 92 valence electrons. The van der Waals surface area contributed by atoms with Crippen molar-refractivity contribution in [2.45, 2.75) is 25.6 Å². The summed E-state index contributed by atoms with van der Waals surface area (Å²) in [5.74, 6) is -0.897. The Labute approximate surface area is 101 Å². The molecule has 1 aliphatic heterocycles. The highest BCUT2D eigenvalue weighted by molar-refractivity contribution is 5.87. The van der Waals surface area contributed by atoms with E-state index in [2.05, 4.69) is 5.32 Å². The molecule has 2 rings (SSSR count). The van der Waals surface area contributed by atoms with Crippen LogP contribution in [0.4, 0.5) is 0 Å². The van der Waals surface area contributed by atoms with Crippen LogP contribution in [0.3, 0.4) is 0 Å². The third-order valence-corrected chi connectivity index (χ3v) is 2.91. The fourth-order valence-electron chi connectivity index (χ4n) is 1.97. The first-order valence-corrected chi connectivity index (χ1v) is 5.90. The predicted molar refractivity (Wildman–Crippen MR) is 64.1 cm³/mol. The first-order chi connectivity index (χ1) is 8.25. The van der Waals surface area contributed by atoms with Crippen LogP contribution in [-0.2, 0) is 11.3 Å². The summed E-state index contributed by atoms with van der Waals surface area (Å²) < 4.78 is 5.75. The van der Waals surface area contributed by atoms with Gasteiger partial charge in [0.25, 0.3) is 0 Å². The van der Waals surface area contributed by atoms with Gasteiger partial charge in [-0.25, -0.2) is 4.79 Å². The minimum atomic E-state index is -0.897. The Morgan fingerprint density at radius 2 is 2.41 bits per heavy atom. The number of aromatic carboxylic acids is 1. The standard InChI is InChI=1S/C13H17NO3/c15-13(16)11-4-1-3-10(7-11)9-17-12-5-2-6-14-8-12/h1,3-4,7,12,14H,2,5-6,8-9H2,(H,15,16). The van der Waals surface area contributed by atoms with Crippen LogP contribution in [0.15, 0.2) is 24.3 Å². The zero-order chi connectivity index (χ0) is 12.1. The summed E-state index contributed by atoms with van der Waals surface area (Å²) >= 11 is 0. The van der Waals surface area contributed by atoms with Gasteiger partial charge in [-0.3, -0.25) is 0 Å². The fraction of sp³-hybridized carbons (Fsp3) is 0.462. The highest BCUT2D eigenvalue weighted by Gasteiger charge is 2.13. The largest absolute Gasteiger partial charge is 0.478 e. The Morgan fingerprint density at radius 1 is 1.53 bits per heavy atom. The van der Waals surface area contributed by atoms with Crippen molar-refractivity contribution in [2.75, 3.05) is 13.1 Å². The molecule has 1 aromatic carbocycles. The minimum absolute atomic E-state index is 0.247. The molecule has 0 amide bonds. The summed E-state index contributed by atoms with van der Waals surface area (Å²) in [6.07, 6.45) is 2.46. The third-order valence-electron chi connectivity index (χ3n) is 2.91. The van der Waals surface area contributed by atoms with E-state index < -0.39 is 5.97 Å². The Hall–Kier alpha value is -1.39. The number of carboxylic acids is 1. The van der Waals surface area contributed by atoms with Crippen LogP contribution < -0.4 is 5.32 Å². The molecular formula is C13H17NO3. The molecule has 0 radical (unpaired) electrons. The lowest BCUT2D eigenvalue weighted by Crippen LogP contribution is -2.35. The second-order valence-electron chi connectivity index (χ2n) is 4.28. The number of carbonyl (C=O) groups is 1. The molecule has 1 aliphatic rings. The Morgan fingerprint density at radius 3 is 3.12 bits per heavy atom. The monoisotopic (exact) mass is 235 g/mol. The van der Waals surface area contributed by atoms with Gasteiger partial charge in [0.2, 0.25) is 0 Å². The van der Waals surface area contributed by atoms with Crippen LogP contribution >= 0.6 is 0 Å². The maximum absolute atomic E-state index is 10.8. The van der Waals surface area contributed by atoms with E-state index in [0.717, 1.165) is 31.5 Å². The fourth-order valence-corrected chi connectivity index (χ4v) is 1.97. The van der Waals surface area contributed by atoms with E-state index in [1.165, 1.54) is 0 Å². The molecule has 0 aromatic heterocycles. The molecule has 1 atom stereocenters. The maximum atomic E-state index is 10.8. The summed E-state index contributed by atoms with van der Waals surface area (Å²) in [6, 6.07) is 6.90. The van der Waals surface area contributed by atoms with Gasteiger partial charge in [0, 0.05) is 6.54 Å². The van der Waals surface area contributed by atoms with Crippen LogP contribution in [0.5, 0.6) is 0 Å². The van der Waals surface area contributed by atoms with Crippen molar-refractivity contribution in [1.29, 1.82) is 0 Å². The average Bonchev–Trinajstić information content (AvgIpc) is 2.38. The quantitative estimate of drug-likeness (QED) is 0.833. The Bertz CT molecular complexity index is 386. The van der Waals surface area contributed by atoms with Crippen molar-refractivity contribution in [1.82, 2.24) is 5.32 Å². The summed E-state index contributed by atoms with van der Waals surface area (Å²) in [5.41, 5.74) is 1.23. The number of rotatable bonds is 4. The molecule has 1 saturated heterocycles. The van der Waals surface area contributed by atoms with Crippen LogP contribution in [0.25, 0.3) is 0 Å². The molecule has 2 N–H and O–H groups in total. The number of benzene rings is 1. The zero-order valence-corrected chi connectivity index (χ0v) is 9.69. The first-order valence-electron chi connectivity index (χ1n) is 5.90. The Kier molecular flexibility index (Phi) is 4.12. The molecule has 4 heteroatoms. The van der Waals surface area contributed by atoms with Crippen molar-refractivity contribution in [3.8, 4) is 0 Å². The van der Waals surface area contributed by atoms with Gasteiger partial charge in [-0.2, -0.15) is 0 Å². The lowest BCUT2D eigenvalue weighted by Gasteiger charge is -2.23. The van der Waals surface area contributed by atoms with Gasteiger partial charge >= 0.3 is 5.97 Å². The predicted octanol–water partition coefficient (Wildman–Crippen LogP) is 1.65. The van der Waals surface area contributed by atoms with Crippen molar-refractivity contribution in [2.24, 2.45) is 0 Å². The number of carboxylic acid groups (broad SMARTS) is 1. The van der Waals surface area contributed by atoms with Gasteiger partial charge in [-0.1, -0.05) is 12.1 Å². The topological polar surface area (TPSA) is 58.6 Å². The van der Waals surface area contributed by atoms with E-state index >= 15 is 0 Å². The normalized spacial score (nSPS) is 20.1. The molecule has 0 bridgehead atoms. The molecule has 1 heterocycles. The SMILES string of the molecule is O=C(O)c1cccc(COC2CCCNC2)c1. The third kappa shape index (κ3) is 3.54. The second-order valence-corrected chi connectivity index (χ2v) is 4.28. The number of nitrogens with one attached hydrogen (secondary N) is 1. The highest BCUT2D eigenvalue weighted by Crippen LogP contribution is 2.11. The van der Waals surface area contributed by atoms with Crippen LogP contribution in [0.2, 0.25) is 0 Å². The van der Waals surface area contributed by atoms with Crippen molar-refractivity contribution >= 4 is 5.97 Å². The molecule has 0 spiro atoms. The molecule has 4 nitrogen and oxygen atoms in total. The number of piperidine rings is 1. The number of hydrogen-bond donors (Lipinski definition) is 2. The van der Waals surface area contributed by atoms with Crippen LogP contribution in [-0.4, -0.2) is 30.3 Å². The summed E-state index contributed by atoms with van der Waals surface area (Å²) in [7, 11) is 0. The van der Waals surface area contributed by atoms with E-state index in [0.29, 0.717) is 12.2 Å². The highest BCUT2D eigenvalue weighted by atomic mass is 16.5. The van der Waals surface area contributed by atoms with Gasteiger partial charge in [0.05, 0.1) is 18.3 Å². The summed E-state index contributed by atoms with van der Waals surface area (Å²) in [4.78, 5) is 10.8. The second kappa shape index (κ2) is 5.80. The number of ether oxygens (including phenoxy) is 1. The molecular weight excluding hydrogens is 218 g/mol. The summed E-state index contributed by atoms with van der Waals surface area (Å²) in [6.45, 7) is 2.43. The van der Waals surface area contributed by atoms with Gasteiger partial charge in [0.1, 0.15) is 0 Å². The minimum Gasteiger partial charge on any atom is -0.478 e. The van der Waals surface area contributed by atoms with Crippen molar-refractivity contribution < 1.29 is 14.6 Å². The van der Waals surface area contributed by atoms with Gasteiger partial charge in [-0.15, -0.1) is 0 Å². The van der Waals surface area contributed by atoms with E-state index in [9.17, 15) is 4.79 Å². The first kappa shape index (κ1) is 12.1. The van der Waals surface area contributed by atoms with E-state index in [4.69, 9.17) is 9.84 Å². The van der Waals surface area contributed by atoms with Gasteiger partial charge < -0.3 is 15.2 Å². The zero-order valence-electron chi connectivity index (χ0n) is 9.69. The van der Waals surface area contributed by atoms with Crippen molar-refractivity contribution in [3.63, 3.8) is 0 Å².